The van der Waals surface area contributed by atoms with E-state index in [2.05, 4.69) is 66.0 Å². The lowest BCUT2D eigenvalue weighted by atomic mass is 9.91. The molecule has 1 aromatic carbocycles. The van der Waals surface area contributed by atoms with Crippen LogP contribution < -0.4 is 11.1 Å². The molecule has 7 nitrogen and oxygen atoms in total. The fourth-order valence-corrected chi connectivity index (χ4v) is 5.02. The number of rotatable bonds is 7. The Morgan fingerprint density at radius 2 is 1.81 bits per heavy atom. The molecule has 1 aliphatic rings. The second-order valence-electron chi connectivity index (χ2n) is 10.2. The monoisotopic (exact) mass is 517 g/mol. The molecule has 3 N–H and O–H groups in total. The Labute approximate surface area is 222 Å². The van der Waals surface area contributed by atoms with Gasteiger partial charge < -0.3 is 20.9 Å². The van der Waals surface area contributed by atoms with Crippen LogP contribution in [0.2, 0.25) is 0 Å². The highest BCUT2D eigenvalue weighted by Crippen LogP contribution is 2.29. The summed E-state index contributed by atoms with van der Waals surface area (Å²) in [7, 11) is 5.51. The van der Waals surface area contributed by atoms with Crippen LogP contribution >= 0.6 is 11.3 Å². The lowest BCUT2D eigenvalue weighted by molar-refractivity contribution is -0.140. The first-order valence-electron chi connectivity index (χ1n) is 12.9. The molecule has 3 rings (SSSR count). The van der Waals surface area contributed by atoms with E-state index in [-0.39, 0.29) is 29.3 Å². The number of nitrogens with zero attached hydrogens (tertiary/aromatic N) is 3. The van der Waals surface area contributed by atoms with E-state index in [0.717, 1.165) is 29.7 Å². The van der Waals surface area contributed by atoms with Gasteiger partial charge >= 0.3 is 0 Å². The van der Waals surface area contributed by atoms with Crippen LogP contribution in [0.4, 0.5) is 0 Å². The molecule has 8 heteroatoms. The zero-order chi connectivity index (χ0) is 27.5. The molecule has 0 saturated carbocycles. The van der Waals surface area contributed by atoms with Gasteiger partial charge in [-0.3, -0.25) is 9.59 Å². The predicted octanol–water partition coefficient (Wildman–Crippen LogP) is 4.87. The number of likely N-dealkylation sites (N-methyl/N-ethyl adjacent to an activating group) is 1. The lowest BCUT2D eigenvalue weighted by Crippen LogP contribution is -2.48. The number of nitrogens with one attached hydrogen (secondary N) is 1. The minimum Gasteiger partial charge on any atom is -0.346 e. The van der Waals surface area contributed by atoms with Crippen LogP contribution in [0.3, 0.4) is 0 Å². The van der Waals surface area contributed by atoms with E-state index in [4.69, 9.17) is 0 Å². The van der Waals surface area contributed by atoms with Crippen molar-refractivity contribution >= 4 is 23.2 Å². The van der Waals surface area contributed by atoms with Crippen LogP contribution in [-0.4, -0.2) is 66.9 Å². The van der Waals surface area contributed by atoms with E-state index in [9.17, 15) is 9.59 Å². The van der Waals surface area contributed by atoms with Gasteiger partial charge in [-0.1, -0.05) is 58.9 Å². The van der Waals surface area contributed by atoms with Gasteiger partial charge in [-0.25, -0.2) is 4.98 Å². The van der Waals surface area contributed by atoms with Gasteiger partial charge in [0.15, 0.2) is 0 Å². The van der Waals surface area contributed by atoms with Crippen LogP contribution in [0.25, 0.3) is 10.4 Å². The highest BCUT2D eigenvalue weighted by molar-refractivity contribution is 7.13. The SMILES string of the molecule is CC.CN.Cc1ncsc1-c1ccc(C(CN(C)C)NC(=O)C2CCCN2C(=O)CC(C)(C)C)cc1. The number of hydrogen-bond donors (Lipinski definition) is 2. The molecule has 1 aromatic heterocycles. The fourth-order valence-electron chi connectivity index (χ4n) is 4.21. The highest BCUT2D eigenvalue weighted by Gasteiger charge is 2.36. The summed E-state index contributed by atoms with van der Waals surface area (Å²) in [5.74, 6) is 0.0163. The molecule has 1 fully saturated rings. The number of thiazole rings is 1. The van der Waals surface area contributed by atoms with E-state index < -0.39 is 0 Å². The maximum atomic E-state index is 13.3. The van der Waals surface area contributed by atoms with Gasteiger partial charge in [0.2, 0.25) is 11.8 Å². The number of carbonyl (C=O) groups excluding carboxylic acids is 2. The van der Waals surface area contributed by atoms with Crippen molar-refractivity contribution in [3.8, 4) is 10.4 Å². The fraction of sp³-hybridized carbons (Fsp3) is 0.607. The van der Waals surface area contributed by atoms with E-state index in [1.54, 1.807) is 16.2 Å². The Kier molecular flexibility index (Phi) is 13.3. The van der Waals surface area contributed by atoms with Gasteiger partial charge in [-0.2, -0.15) is 0 Å². The van der Waals surface area contributed by atoms with Crippen molar-refractivity contribution in [2.24, 2.45) is 11.1 Å². The van der Waals surface area contributed by atoms with E-state index in [1.165, 1.54) is 11.9 Å². The van der Waals surface area contributed by atoms with Crippen LogP contribution in [0.5, 0.6) is 0 Å². The molecule has 1 saturated heterocycles. The predicted molar refractivity (Wildman–Crippen MR) is 152 cm³/mol. The number of benzene rings is 1. The molecule has 0 aliphatic carbocycles. The average molecular weight is 518 g/mol. The summed E-state index contributed by atoms with van der Waals surface area (Å²) in [5, 5.41) is 3.24. The molecular weight excluding hydrogens is 470 g/mol. The first-order valence-corrected chi connectivity index (χ1v) is 13.8. The van der Waals surface area contributed by atoms with Gasteiger partial charge in [-0.05, 0) is 57.5 Å². The Balaban J connectivity index is 0.00000154. The molecule has 2 heterocycles. The van der Waals surface area contributed by atoms with Crippen molar-refractivity contribution in [2.75, 3.05) is 34.2 Å². The quantitative estimate of drug-likeness (QED) is 0.547. The molecule has 0 bridgehead atoms. The molecule has 2 aromatic rings. The highest BCUT2D eigenvalue weighted by atomic mass is 32.1. The molecule has 0 radical (unpaired) electrons. The Morgan fingerprint density at radius 3 is 2.31 bits per heavy atom. The van der Waals surface area contributed by atoms with Gasteiger partial charge in [0.1, 0.15) is 6.04 Å². The zero-order valence-corrected chi connectivity index (χ0v) is 24.5. The molecule has 2 atom stereocenters. The third kappa shape index (κ3) is 9.30. The summed E-state index contributed by atoms with van der Waals surface area (Å²) in [5.41, 5.74) is 9.50. The van der Waals surface area contributed by atoms with Gasteiger partial charge in [-0.15, -0.1) is 11.3 Å². The van der Waals surface area contributed by atoms with Crippen LogP contribution in [0.1, 0.15) is 71.2 Å². The minimum absolute atomic E-state index is 0.0565. The molecule has 2 amide bonds. The second-order valence-corrected chi connectivity index (χ2v) is 11.0. The van der Waals surface area contributed by atoms with Crippen LogP contribution in [0.15, 0.2) is 29.8 Å². The topological polar surface area (TPSA) is 91.6 Å². The van der Waals surface area contributed by atoms with Gasteiger partial charge in [0.05, 0.1) is 22.1 Å². The molecule has 36 heavy (non-hydrogen) atoms. The van der Waals surface area contributed by atoms with Crippen molar-refractivity contribution in [3.05, 3.63) is 41.0 Å². The molecular formula is C28H47N5O2S. The number of amides is 2. The third-order valence-electron chi connectivity index (χ3n) is 5.74. The van der Waals surface area contributed by atoms with E-state index >= 15 is 0 Å². The summed E-state index contributed by atoms with van der Waals surface area (Å²) >= 11 is 1.64. The number of likely N-dealkylation sites (tertiary alicyclic amines) is 1. The van der Waals surface area contributed by atoms with Crippen LogP contribution in [-0.2, 0) is 9.59 Å². The number of aryl methyl sites for hydroxylation is 1. The first kappa shape index (κ1) is 31.7. The van der Waals surface area contributed by atoms with Crippen molar-refractivity contribution in [3.63, 3.8) is 0 Å². The maximum absolute atomic E-state index is 13.3. The minimum atomic E-state index is -0.381. The van der Waals surface area contributed by atoms with E-state index in [0.29, 0.717) is 19.5 Å². The Morgan fingerprint density at radius 1 is 1.19 bits per heavy atom. The Bertz CT molecular complexity index is 934. The number of aromatic nitrogens is 1. The van der Waals surface area contributed by atoms with Crippen molar-refractivity contribution in [2.45, 2.75) is 72.9 Å². The van der Waals surface area contributed by atoms with Crippen LogP contribution in [0, 0.1) is 12.3 Å². The zero-order valence-electron chi connectivity index (χ0n) is 23.7. The van der Waals surface area contributed by atoms with E-state index in [1.807, 2.05) is 40.4 Å². The average Bonchev–Trinajstić information content (AvgIpc) is 3.49. The number of nitrogens with two attached hydrogens (primary N) is 1. The number of carbonyl (C=O) groups is 2. The summed E-state index contributed by atoms with van der Waals surface area (Å²) in [6.07, 6.45) is 2.05. The van der Waals surface area contributed by atoms with Gasteiger partial charge in [0, 0.05) is 19.5 Å². The Hall–Kier alpha value is -2.29. The largest absolute Gasteiger partial charge is 0.346 e. The standard InChI is InChI=1S/C25H36N4O2S.C2H6.CH5N/c1-17-23(32-16-26-17)19-11-9-18(10-12-19)20(15-28(5)6)27-24(31)21-8-7-13-29(21)22(30)14-25(2,3)4;2*1-2/h9-12,16,20-21H,7-8,13-15H2,1-6H3,(H,27,31);1-2H3;2H2,1H3. The molecule has 202 valence electrons. The summed E-state index contributed by atoms with van der Waals surface area (Å²) in [6, 6.07) is 7.84. The molecule has 2 unspecified atom stereocenters. The summed E-state index contributed by atoms with van der Waals surface area (Å²) in [4.78, 5) is 35.4. The summed E-state index contributed by atoms with van der Waals surface area (Å²) in [6.45, 7) is 13.5. The normalized spacial score (nSPS) is 16.0. The smallest absolute Gasteiger partial charge is 0.243 e. The molecule has 0 spiro atoms. The maximum Gasteiger partial charge on any atom is 0.243 e. The van der Waals surface area contributed by atoms with Gasteiger partial charge in [0.25, 0.3) is 0 Å². The third-order valence-corrected chi connectivity index (χ3v) is 6.72. The first-order chi connectivity index (χ1) is 17.0. The summed E-state index contributed by atoms with van der Waals surface area (Å²) < 4.78 is 0. The van der Waals surface area contributed by atoms with Crippen molar-refractivity contribution < 1.29 is 9.59 Å². The van der Waals surface area contributed by atoms with Crippen molar-refractivity contribution in [1.29, 1.82) is 0 Å². The lowest BCUT2D eigenvalue weighted by Gasteiger charge is -2.30. The second kappa shape index (κ2) is 15.1. The number of hydrogen-bond acceptors (Lipinski definition) is 6. The van der Waals surface area contributed by atoms with Crippen molar-refractivity contribution in [1.82, 2.24) is 20.1 Å². The molecule has 1 aliphatic heterocycles.